The Kier molecular flexibility index (Phi) is 7.78. The Morgan fingerprint density at radius 3 is 2.53 bits per heavy atom. The molecule has 1 aliphatic heterocycles. The van der Waals surface area contributed by atoms with Gasteiger partial charge in [0.25, 0.3) is 0 Å². The van der Waals surface area contributed by atoms with Gasteiger partial charge in [-0.25, -0.2) is 0 Å². The van der Waals surface area contributed by atoms with Gasteiger partial charge in [-0.05, 0) is 45.4 Å². The van der Waals surface area contributed by atoms with E-state index in [9.17, 15) is 4.79 Å². The van der Waals surface area contributed by atoms with Crippen LogP contribution in [0.15, 0.2) is 11.6 Å². The Morgan fingerprint density at radius 2 is 1.65 bits per heavy atom. The number of rotatable bonds is 0. The predicted molar refractivity (Wildman–Crippen MR) is 70.9 cm³/mol. The molecule has 0 saturated carbocycles. The number of cyclic esters (lactones) is 1. The van der Waals surface area contributed by atoms with Crippen molar-refractivity contribution in [2.45, 2.75) is 71.1 Å². The van der Waals surface area contributed by atoms with Crippen LogP contribution in [0, 0.1) is 0 Å². The van der Waals surface area contributed by atoms with Crippen molar-refractivity contribution in [2.75, 3.05) is 6.61 Å². The lowest BCUT2D eigenvalue weighted by Crippen LogP contribution is -2.05. The average molecular weight is 238 g/mol. The van der Waals surface area contributed by atoms with Crippen molar-refractivity contribution in [1.29, 1.82) is 0 Å². The summed E-state index contributed by atoms with van der Waals surface area (Å²) in [4.78, 5) is 11.3. The van der Waals surface area contributed by atoms with Gasteiger partial charge < -0.3 is 4.74 Å². The van der Waals surface area contributed by atoms with Gasteiger partial charge in [0.15, 0.2) is 0 Å². The first kappa shape index (κ1) is 14.3. The molecule has 1 heterocycles. The monoisotopic (exact) mass is 238 g/mol. The molecule has 0 atom stereocenters. The molecule has 1 aliphatic rings. The van der Waals surface area contributed by atoms with Crippen molar-refractivity contribution in [3.05, 3.63) is 11.6 Å². The highest BCUT2D eigenvalue weighted by Gasteiger charge is 2.02. The van der Waals surface area contributed by atoms with Crippen LogP contribution in [-0.4, -0.2) is 12.6 Å². The molecule has 1 rings (SSSR count). The fourth-order valence-corrected chi connectivity index (χ4v) is 2.16. The summed E-state index contributed by atoms with van der Waals surface area (Å²) < 4.78 is 5.18. The zero-order valence-electron chi connectivity index (χ0n) is 11.2. The molecular weight excluding hydrogens is 212 g/mol. The third-order valence-corrected chi connectivity index (χ3v) is 3.31. The Balaban J connectivity index is 2.29. The minimum Gasteiger partial charge on any atom is -0.466 e. The number of esters is 1. The van der Waals surface area contributed by atoms with Gasteiger partial charge in [-0.2, -0.15) is 0 Å². The van der Waals surface area contributed by atoms with E-state index in [1.54, 1.807) is 0 Å². The van der Waals surface area contributed by atoms with Crippen molar-refractivity contribution >= 4 is 5.97 Å². The van der Waals surface area contributed by atoms with E-state index < -0.39 is 0 Å². The average Bonchev–Trinajstić information content (AvgIpc) is 2.31. The minimum atomic E-state index is -0.0134. The molecule has 0 unspecified atom stereocenters. The first-order valence-corrected chi connectivity index (χ1v) is 7.10. The Labute approximate surface area is 105 Å². The zero-order chi connectivity index (χ0) is 12.3. The predicted octanol–water partition coefficient (Wildman–Crippen LogP) is 4.39. The summed E-state index contributed by atoms with van der Waals surface area (Å²) >= 11 is 0. The molecule has 0 aromatic heterocycles. The normalized spacial score (nSPS) is 21.9. The lowest BCUT2D eigenvalue weighted by Gasteiger charge is -2.04. The topological polar surface area (TPSA) is 26.3 Å². The van der Waals surface area contributed by atoms with Crippen molar-refractivity contribution < 1.29 is 9.53 Å². The van der Waals surface area contributed by atoms with Crippen molar-refractivity contribution in [3.8, 4) is 0 Å². The molecule has 2 nitrogen and oxygen atoms in total. The maximum absolute atomic E-state index is 11.3. The molecular formula is C15H26O2. The molecule has 2 heteroatoms. The second kappa shape index (κ2) is 9.26. The summed E-state index contributed by atoms with van der Waals surface area (Å²) in [6.45, 7) is 2.85. The SMILES string of the molecule is CC1=CCCCCC(=O)OCCCCCCC1. The Bertz CT molecular complexity index is 243. The standard InChI is InChI=1S/C15H26O2/c1-14-10-6-3-2-4-9-13-17-15(16)12-8-5-7-11-14/h11H,2-10,12-13H2,1H3. The van der Waals surface area contributed by atoms with E-state index in [0.717, 1.165) is 25.7 Å². The van der Waals surface area contributed by atoms with Crippen LogP contribution in [0.3, 0.4) is 0 Å². The number of ether oxygens (including phenoxy) is 1. The van der Waals surface area contributed by atoms with Crippen LogP contribution < -0.4 is 0 Å². The second-order valence-corrected chi connectivity index (χ2v) is 5.03. The molecule has 0 spiro atoms. The number of allylic oxidation sites excluding steroid dienone is 2. The van der Waals surface area contributed by atoms with Crippen LogP contribution in [0.4, 0.5) is 0 Å². The molecule has 17 heavy (non-hydrogen) atoms. The molecule has 0 radical (unpaired) electrons. The van der Waals surface area contributed by atoms with Gasteiger partial charge in [0.05, 0.1) is 6.61 Å². The van der Waals surface area contributed by atoms with Gasteiger partial charge in [0.1, 0.15) is 0 Å². The van der Waals surface area contributed by atoms with E-state index in [1.165, 1.54) is 37.7 Å². The number of hydrogen-bond donors (Lipinski definition) is 0. The van der Waals surface area contributed by atoms with Crippen LogP contribution in [0.25, 0.3) is 0 Å². The molecule has 0 aromatic carbocycles. The van der Waals surface area contributed by atoms with E-state index in [0.29, 0.717) is 13.0 Å². The zero-order valence-corrected chi connectivity index (χ0v) is 11.2. The van der Waals surface area contributed by atoms with Gasteiger partial charge in [0.2, 0.25) is 0 Å². The molecule has 0 saturated heterocycles. The molecule has 0 aliphatic carbocycles. The van der Waals surface area contributed by atoms with Gasteiger partial charge in [-0.1, -0.05) is 30.9 Å². The summed E-state index contributed by atoms with van der Waals surface area (Å²) in [5.41, 5.74) is 1.52. The number of carbonyl (C=O) groups excluding carboxylic acids is 1. The maximum atomic E-state index is 11.3. The summed E-state index contributed by atoms with van der Waals surface area (Å²) in [5.74, 6) is -0.0134. The fourth-order valence-electron chi connectivity index (χ4n) is 2.16. The first-order chi connectivity index (χ1) is 8.29. The highest BCUT2D eigenvalue weighted by molar-refractivity contribution is 5.69. The summed E-state index contributed by atoms with van der Waals surface area (Å²) in [6, 6.07) is 0. The van der Waals surface area contributed by atoms with E-state index >= 15 is 0 Å². The van der Waals surface area contributed by atoms with E-state index in [1.807, 2.05) is 0 Å². The van der Waals surface area contributed by atoms with Gasteiger partial charge in [-0.15, -0.1) is 0 Å². The minimum absolute atomic E-state index is 0.0134. The third-order valence-electron chi connectivity index (χ3n) is 3.31. The molecule has 0 amide bonds. The first-order valence-electron chi connectivity index (χ1n) is 7.10. The van der Waals surface area contributed by atoms with Gasteiger partial charge in [0, 0.05) is 6.42 Å². The van der Waals surface area contributed by atoms with Crippen LogP contribution >= 0.6 is 0 Å². The lowest BCUT2D eigenvalue weighted by molar-refractivity contribution is -0.143. The van der Waals surface area contributed by atoms with Crippen LogP contribution in [0.5, 0.6) is 0 Å². The van der Waals surface area contributed by atoms with Crippen LogP contribution in [0.1, 0.15) is 71.1 Å². The number of hydrogen-bond acceptors (Lipinski definition) is 2. The smallest absolute Gasteiger partial charge is 0.305 e. The Hall–Kier alpha value is -0.790. The summed E-state index contributed by atoms with van der Waals surface area (Å²) in [5, 5.41) is 0. The summed E-state index contributed by atoms with van der Waals surface area (Å²) in [6.07, 6.45) is 13.4. The highest BCUT2D eigenvalue weighted by atomic mass is 16.5. The number of carbonyl (C=O) groups is 1. The quantitative estimate of drug-likeness (QED) is 0.462. The fraction of sp³-hybridized carbons (Fsp3) is 0.800. The van der Waals surface area contributed by atoms with Crippen LogP contribution in [0.2, 0.25) is 0 Å². The van der Waals surface area contributed by atoms with Gasteiger partial charge >= 0.3 is 5.97 Å². The van der Waals surface area contributed by atoms with E-state index in [2.05, 4.69) is 13.0 Å². The molecule has 0 bridgehead atoms. The van der Waals surface area contributed by atoms with Crippen molar-refractivity contribution in [3.63, 3.8) is 0 Å². The Morgan fingerprint density at radius 1 is 0.941 bits per heavy atom. The lowest BCUT2D eigenvalue weighted by atomic mass is 10.1. The maximum Gasteiger partial charge on any atom is 0.305 e. The summed E-state index contributed by atoms with van der Waals surface area (Å²) in [7, 11) is 0. The van der Waals surface area contributed by atoms with E-state index in [-0.39, 0.29) is 5.97 Å². The molecule has 98 valence electrons. The van der Waals surface area contributed by atoms with E-state index in [4.69, 9.17) is 4.74 Å². The van der Waals surface area contributed by atoms with Gasteiger partial charge in [-0.3, -0.25) is 4.79 Å². The van der Waals surface area contributed by atoms with Crippen molar-refractivity contribution in [2.24, 2.45) is 0 Å². The van der Waals surface area contributed by atoms with Crippen LogP contribution in [-0.2, 0) is 9.53 Å². The third kappa shape index (κ3) is 8.00. The highest BCUT2D eigenvalue weighted by Crippen LogP contribution is 2.13. The second-order valence-electron chi connectivity index (χ2n) is 5.03. The molecule has 0 fully saturated rings. The van der Waals surface area contributed by atoms with Crippen molar-refractivity contribution in [1.82, 2.24) is 0 Å². The molecule has 0 aromatic rings. The largest absolute Gasteiger partial charge is 0.466 e. The molecule has 0 N–H and O–H groups in total.